The second-order valence-corrected chi connectivity index (χ2v) is 7.07. The zero-order valence-electron chi connectivity index (χ0n) is 17.3. The van der Waals surface area contributed by atoms with E-state index in [1.165, 1.54) is 48.5 Å². The molecule has 0 fully saturated rings. The Hall–Kier alpha value is -3.79. The number of amides is 3. The van der Waals surface area contributed by atoms with Crippen molar-refractivity contribution in [2.45, 2.75) is 12.6 Å². The minimum atomic E-state index is -0.791. The SMILES string of the molecule is CN(C(=O)NCc1cccc(F)c1)[C@@H](CN)COC(=O)Nc1cc2cc(F)ccc2cn1. The monoisotopic (exact) mass is 443 g/mol. The molecular weight excluding hydrogens is 420 g/mol. The van der Waals surface area contributed by atoms with E-state index in [0.717, 1.165) is 5.39 Å². The average Bonchev–Trinajstić information content (AvgIpc) is 2.77. The molecule has 0 unspecified atom stereocenters. The van der Waals surface area contributed by atoms with E-state index in [-0.39, 0.29) is 25.5 Å². The zero-order valence-corrected chi connectivity index (χ0v) is 17.3. The fraction of sp³-hybridized carbons (Fsp3) is 0.227. The molecule has 0 aliphatic carbocycles. The van der Waals surface area contributed by atoms with E-state index in [4.69, 9.17) is 10.5 Å². The van der Waals surface area contributed by atoms with E-state index in [0.29, 0.717) is 10.9 Å². The molecule has 3 amide bonds. The highest BCUT2D eigenvalue weighted by Gasteiger charge is 2.20. The standard InChI is InChI=1S/C22H23F2N5O3/c1-29(21(30)27-11-14-3-2-4-17(23)7-14)19(10-25)13-32-22(31)28-20-9-16-8-18(24)6-5-15(16)12-26-20/h2-9,12,19H,10-11,13,25H2,1H3,(H,27,30)(H,26,28,31)/t19-/m0/s1. The van der Waals surface area contributed by atoms with Crippen LogP contribution in [0.25, 0.3) is 10.8 Å². The van der Waals surface area contributed by atoms with Gasteiger partial charge in [0.2, 0.25) is 0 Å². The van der Waals surface area contributed by atoms with Gasteiger partial charge in [-0.15, -0.1) is 0 Å². The fourth-order valence-corrected chi connectivity index (χ4v) is 2.95. The number of benzene rings is 2. The molecule has 3 aromatic rings. The number of rotatable bonds is 7. The number of hydrogen-bond donors (Lipinski definition) is 3. The molecule has 4 N–H and O–H groups in total. The number of pyridine rings is 1. The minimum absolute atomic E-state index is 0.0463. The number of nitrogens with zero attached hydrogens (tertiary/aromatic N) is 2. The molecule has 0 aliphatic heterocycles. The lowest BCUT2D eigenvalue weighted by atomic mass is 10.2. The first-order chi connectivity index (χ1) is 15.4. The summed E-state index contributed by atoms with van der Waals surface area (Å²) in [4.78, 5) is 29.9. The summed E-state index contributed by atoms with van der Waals surface area (Å²) >= 11 is 0. The van der Waals surface area contributed by atoms with Gasteiger partial charge in [-0.2, -0.15) is 0 Å². The van der Waals surface area contributed by atoms with Crippen LogP contribution in [0.5, 0.6) is 0 Å². The summed E-state index contributed by atoms with van der Waals surface area (Å²) in [6.07, 6.45) is 0.712. The summed E-state index contributed by atoms with van der Waals surface area (Å²) in [5.41, 5.74) is 6.33. The lowest BCUT2D eigenvalue weighted by Crippen LogP contribution is -2.49. The molecule has 2 aromatic carbocycles. The third-order valence-electron chi connectivity index (χ3n) is 4.79. The van der Waals surface area contributed by atoms with Crippen molar-refractivity contribution in [2.24, 2.45) is 5.73 Å². The fourth-order valence-electron chi connectivity index (χ4n) is 2.95. The average molecular weight is 443 g/mol. The number of nitrogens with two attached hydrogens (primary N) is 1. The van der Waals surface area contributed by atoms with Crippen molar-refractivity contribution in [2.75, 3.05) is 25.5 Å². The number of aromatic nitrogens is 1. The van der Waals surface area contributed by atoms with Gasteiger partial charge >= 0.3 is 12.1 Å². The molecule has 8 nitrogen and oxygen atoms in total. The number of urea groups is 1. The van der Waals surface area contributed by atoms with Gasteiger partial charge < -0.3 is 20.7 Å². The van der Waals surface area contributed by atoms with Crippen LogP contribution in [0.4, 0.5) is 24.2 Å². The van der Waals surface area contributed by atoms with Gasteiger partial charge in [-0.05, 0) is 47.3 Å². The van der Waals surface area contributed by atoms with Crippen molar-refractivity contribution in [1.82, 2.24) is 15.2 Å². The van der Waals surface area contributed by atoms with E-state index in [9.17, 15) is 18.4 Å². The molecule has 0 spiro atoms. The maximum atomic E-state index is 13.4. The molecule has 1 heterocycles. The van der Waals surface area contributed by atoms with Crippen molar-refractivity contribution < 1.29 is 23.1 Å². The van der Waals surface area contributed by atoms with Crippen LogP contribution in [0.2, 0.25) is 0 Å². The number of ether oxygens (including phenoxy) is 1. The first-order valence-electron chi connectivity index (χ1n) is 9.80. The smallest absolute Gasteiger partial charge is 0.412 e. The van der Waals surface area contributed by atoms with Crippen LogP contribution in [0.3, 0.4) is 0 Å². The summed E-state index contributed by atoms with van der Waals surface area (Å²) in [6, 6.07) is 10.6. The Kier molecular flexibility index (Phi) is 7.50. The van der Waals surface area contributed by atoms with Gasteiger partial charge in [0.05, 0.1) is 6.04 Å². The summed E-state index contributed by atoms with van der Waals surface area (Å²) in [6.45, 7) is 0.0207. The van der Waals surface area contributed by atoms with Crippen LogP contribution in [-0.4, -0.2) is 48.2 Å². The second kappa shape index (κ2) is 10.5. The molecule has 1 aromatic heterocycles. The Morgan fingerprint density at radius 3 is 2.66 bits per heavy atom. The highest BCUT2D eigenvalue weighted by molar-refractivity contribution is 5.89. The van der Waals surface area contributed by atoms with Gasteiger partial charge in [-0.3, -0.25) is 5.32 Å². The number of halogens is 2. The Balaban J connectivity index is 1.51. The van der Waals surface area contributed by atoms with Crippen molar-refractivity contribution in [3.05, 3.63) is 71.9 Å². The Bertz CT molecular complexity index is 1110. The van der Waals surface area contributed by atoms with E-state index < -0.39 is 29.8 Å². The van der Waals surface area contributed by atoms with E-state index in [2.05, 4.69) is 15.6 Å². The van der Waals surface area contributed by atoms with Crippen LogP contribution in [0, 0.1) is 11.6 Å². The first kappa shape index (κ1) is 22.9. The third kappa shape index (κ3) is 6.11. The topological polar surface area (TPSA) is 110 Å². The number of carbonyl (C=O) groups is 2. The first-order valence-corrected chi connectivity index (χ1v) is 9.80. The summed E-state index contributed by atoms with van der Waals surface area (Å²) in [5.74, 6) is -0.601. The largest absolute Gasteiger partial charge is 0.447 e. The molecular formula is C22H23F2N5O3. The number of hydrogen-bond acceptors (Lipinski definition) is 5. The minimum Gasteiger partial charge on any atom is -0.447 e. The number of nitrogens with one attached hydrogen (secondary N) is 2. The Morgan fingerprint density at radius 1 is 1.12 bits per heavy atom. The molecule has 0 bridgehead atoms. The van der Waals surface area contributed by atoms with Crippen LogP contribution in [0.1, 0.15) is 5.56 Å². The van der Waals surface area contributed by atoms with Crippen molar-refractivity contribution >= 4 is 28.7 Å². The van der Waals surface area contributed by atoms with Crippen molar-refractivity contribution in [3.8, 4) is 0 Å². The molecule has 32 heavy (non-hydrogen) atoms. The maximum Gasteiger partial charge on any atom is 0.412 e. The van der Waals surface area contributed by atoms with Gasteiger partial charge in [0.15, 0.2) is 0 Å². The van der Waals surface area contributed by atoms with E-state index in [1.54, 1.807) is 18.2 Å². The summed E-state index contributed by atoms with van der Waals surface area (Å²) in [7, 11) is 1.51. The molecule has 0 saturated carbocycles. The predicted octanol–water partition coefficient (Wildman–Crippen LogP) is 3.23. The number of fused-ring (bicyclic) bond motifs is 1. The predicted molar refractivity (Wildman–Crippen MR) is 116 cm³/mol. The normalized spacial score (nSPS) is 11.6. The lowest BCUT2D eigenvalue weighted by molar-refractivity contribution is 0.119. The molecule has 168 valence electrons. The quantitative estimate of drug-likeness (QED) is 0.519. The molecule has 1 atom stereocenters. The number of carbonyl (C=O) groups excluding carboxylic acids is 2. The van der Waals surface area contributed by atoms with Crippen LogP contribution >= 0.6 is 0 Å². The number of likely N-dealkylation sites (N-methyl/N-ethyl adjacent to an activating group) is 1. The zero-order chi connectivity index (χ0) is 23.1. The van der Waals surface area contributed by atoms with Gasteiger partial charge in [0.25, 0.3) is 0 Å². The molecule has 0 saturated heterocycles. The summed E-state index contributed by atoms with van der Waals surface area (Å²) < 4.78 is 31.8. The van der Waals surface area contributed by atoms with E-state index >= 15 is 0 Å². The highest BCUT2D eigenvalue weighted by Crippen LogP contribution is 2.18. The molecule has 3 rings (SSSR count). The van der Waals surface area contributed by atoms with Gasteiger partial charge in [0.1, 0.15) is 24.1 Å². The number of anilines is 1. The van der Waals surface area contributed by atoms with Gasteiger partial charge in [-0.1, -0.05) is 12.1 Å². The second-order valence-electron chi connectivity index (χ2n) is 7.07. The third-order valence-corrected chi connectivity index (χ3v) is 4.79. The molecule has 0 radical (unpaired) electrons. The Morgan fingerprint density at radius 2 is 1.91 bits per heavy atom. The lowest BCUT2D eigenvalue weighted by Gasteiger charge is -2.27. The van der Waals surface area contributed by atoms with Crippen molar-refractivity contribution in [3.63, 3.8) is 0 Å². The summed E-state index contributed by atoms with van der Waals surface area (Å²) in [5, 5.41) is 6.42. The van der Waals surface area contributed by atoms with Crippen LogP contribution in [0.15, 0.2) is 54.7 Å². The van der Waals surface area contributed by atoms with Gasteiger partial charge in [-0.25, -0.2) is 23.4 Å². The molecule has 10 heteroatoms. The Labute approximate surface area is 183 Å². The van der Waals surface area contributed by atoms with Crippen LogP contribution in [-0.2, 0) is 11.3 Å². The highest BCUT2D eigenvalue weighted by atomic mass is 19.1. The van der Waals surface area contributed by atoms with E-state index in [1.807, 2.05) is 0 Å². The molecule has 0 aliphatic rings. The van der Waals surface area contributed by atoms with Crippen molar-refractivity contribution in [1.29, 1.82) is 0 Å². The van der Waals surface area contributed by atoms with Crippen LogP contribution < -0.4 is 16.4 Å². The van der Waals surface area contributed by atoms with Gasteiger partial charge in [0, 0.05) is 31.7 Å². The maximum absolute atomic E-state index is 13.4.